The first-order valence-electron chi connectivity index (χ1n) is 10.6. The average Bonchev–Trinajstić information content (AvgIpc) is 3.49. The van der Waals surface area contributed by atoms with E-state index in [4.69, 9.17) is 4.74 Å². The monoisotopic (exact) mass is 449 g/mol. The van der Waals surface area contributed by atoms with Gasteiger partial charge in [0.1, 0.15) is 30.0 Å². The fourth-order valence-corrected chi connectivity index (χ4v) is 4.74. The second-order valence-electron chi connectivity index (χ2n) is 7.54. The summed E-state index contributed by atoms with van der Waals surface area (Å²) in [6.45, 7) is 4.09. The third-order valence-corrected chi connectivity index (χ3v) is 6.43. The Kier molecular flexibility index (Phi) is 5.68. The number of nitrogens with zero attached hydrogens (tertiary/aromatic N) is 6. The van der Waals surface area contributed by atoms with Gasteiger partial charge in [0.25, 0.3) is 0 Å². The van der Waals surface area contributed by atoms with Crippen LogP contribution in [0.25, 0.3) is 16.0 Å². The summed E-state index contributed by atoms with van der Waals surface area (Å²) in [5.74, 6) is 2.42. The van der Waals surface area contributed by atoms with Crippen molar-refractivity contribution in [3.63, 3.8) is 0 Å². The van der Waals surface area contributed by atoms with Crippen LogP contribution in [0.3, 0.4) is 0 Å². The van der Waals surface area contributed by atoms with Crippen LogP contribution in [0, 0.1) is 5.92 Å². The first-order chi connectivity index (χ1) is 15.7. The van der Waals surface area contributed by atoms with E-state index in [-0.39, 0.29) is 11.8 Å². The highest BCUT2D eigenvalue weighted by Gasteiger charge is 2.26. The smallest absolute Gasteiger partial charge is 0.229 e. The molecule has 32 heavy (non-hydrogen) atoms. The predicted octanol–water partition coefficient (Wildman–Crippen LogP) is 3.53. The van der Waals surface area contributed by atoms with Crippen molar-refractivity contribution in [2.24, 2.45) is 5.92 Å². The minimum atomic E-state index is -0.0489. The summed E-state index contributed by atoms with van der Waals surface area (Å²) in [5.41, 5.74) is 0.862. The molecule has 5 rings (SSSR count). The molecule has 4 aromatic rings. The summed E-state index contributed by atoms with van der Waals surface area (Å²) in [7, 11) is 0. The van der Waals surface area contributed by atoms with Gasteiger partial charge in [0, 0.05) is 37.5 Å². The SMILES string of the molecule is CCOc1ccc2nc(NC(=O)C3CCN(c4cc(-n5ccnc5)ncn4)CC3)sc2c1. The number of carbonyl (C=O) groups is 1. The quantitative estimate of drug-likeness (QED) is 0.481. The van der Waals surface area contributed by atoms with E-state index in [0.29, 0.717) is 11.7 Å². The number of fused-ring (bicyclic) bond motifs is 1. The molecule has 1 aliphatic heterocycles. The molecule has 1 N–H and O–H groups in total. The van der Waals surface area contributed by atoms with E-state index in [1.165, 1.54) is 11.3 Å². The maximum atomic E-state index is 12.8. The van der Waals surface area contributed by atoms with Crippen molar-refractivity contribution < 1.29 is 9.53 Å². The topological polar surface area (TPSA) is 98.1 Å². The second kappa shape index (κ2) is 8.91. The molecular weight excluding hydrogens is 426 g/mol. The van der Waals surface area contributed by atoms with Gasteiger partial charge in [0.15, 0.2) is 5.13 Å². The van der Waals surface area contributed by atoms with Crippen molar-refractivity contribution in [1.82, 2.24) is 24.5 Å². The Labute approximate surface area is 189 Å². The average molecular weight is 450 g/mol. The van der Waals surface area contributed by atoms with Gasteiger partial charge in [-0.25, -0.2) is 19.9 Å². The number of anilines is 2. The number of carbonyl (C=O) groups excluding carboxylic acids is 1. The van der Waals surface area contributed by atoms with Gasteiger partial charge in [-0.05, 0) is 38.0 Å². The molecule has 1 aliphatic rings. The lowest BCUT2D eigenvalue weighted by atomic mass is 9.96. The molecule has 164 valence electrons. The lowest BCUT2D eigenvalue weighted by Crippen LogP contribution is -2.38. The van der Waals surface area contributed by atoms with Gasteiger partial charge in [-0.15, -0.1) is 0 Å². The van der Waals surface area contributed by atoms with E-state index in [0.717, 1.165) is 53.5 Å². The van der Waals surface area contributed by atoms with E-state index >= 15 is 0 Å². The summed E-state index contributed by atoms with van der Waals surface area (Å²) >= 11 is 1.47. The van der Waals surface area contributed by atoms with Gasteiger partial charge < -0.3 is 15.0 Å². The van der Waals surface area contributed by atoms with Crippen LogP contribution in [0.2, 0.25) is 0 Å². The van der Waals surface area contributed by atoms with Gasteiger partial charge in [0.05, 0.1) is 16.8 Å². The molecule has 0 radical (unpaired) electrons. The normalized spacial score (nSPS) is 14.6. The molecule has 0 saturated carbocycles. The molecule has 1 saturated heterocycles. The molecule has 1 amide bonds. The molecule has 0 spiro atoms. The Morgan fingerprint density at radius 1 is 1.22 bits per heavy atom. The molecule has 1 fully saturated rings. The molecule has 0 atom stereocenters. The standard InChI is InChI=1S/C22H23N7O2S/c1-2-31-16-3-4-17-18(11-16)32-22(26-17)27-21(30)15-5-8-28(9-6-15)19-12-20(25-13-24-19)29-10-7-23-14-29/h3-4,7,10-15H,2,5-6,8-9H2,1H3,(H,26,27,30). The Bertz CT molecular complexity index is 1220. The molecule has 10 heteroatoms. The summed E-state index contributed by atoms with van der Waals surface area (Å²) in [6.07, 6.45) is 8.36. The van der Waals surface area contributed by atoms with E-state index in [1.807, 2.05) is 42.0 Å². The molecule has 1 aromatic carbocycles. The van der Waals surface area contributed by atoms with Crippen molar-refractivity contribution in [3.8, 4) is 11.6 Å². The molecule has 0 aliphatic carbocycles. The highest BCUT2D eigenvalue weighted by molar-refractivity contribution is 7.22. The van der Waals surface area contributed by atoms with Gasteiger partial charge >= 0.3 is 0 Å². The van der Waals surface area contributed by atoms with E-state index in [9.17, 15) is 4.79 Å². The summed E-state index contributed by atoms with van der Waals surface area (Å²) in [6, 6.07) is 7.73. The predicted molar refractivity (Wildman–Crippen MR) is 124 cm³/mol. The second-order valence-corrected chi connectivity index (χ2v) is 8.57. The van der Waals surface area contributed by atoms with Crippen molar-refractivity contribution in [2.45, 2.75) is 19.8 Å². The first kappa shape index (κ1) is 20.4. The van der Waals surface area contributed by atoms with Crippen LogP contribution < -0.4 is 15.0 Å². The zero-order valence-electron chi connectivity index (χ0n) is 17.6. The van der Waals surface area contributed by atoms with Gasteiger partial charge in [-0.2, -0.15) is 0 Å². The minimum absolute atomic E-state index is 0.0236. The maximum Gasteiger partial charge on any atom is 0.229 e. The zero-order valence-corrected chi connectivity index (χ0v) is 18.5. The summed E-state index contributed by atoms with van der Waals surface area (Å²) in [4.78, 5) is 32.4. The largest absolute Gasteiger partial charge is 0.494 e. The van der Waals surface area contributed by atoms with E-state index < -0.39 is 0 Å². The van der Waals surface area contributed by atoms with Gasteiger partial charge in [-0.3, -0.25) is 9.36 Å². The third kappa shape index (κ3) is 4.26. The van der Waals surface area contributed by atoms with Crippen LogP contribution >= 0.6 is 11.3 Å². The first-order valence-corrected chi connectivity index (χ1v) is 11.4. The fraction of sp³-hybridized carbons (Fsp3) is 0.318. The van der Waals surface area contributed by atoms with E-state index in [1.54, 1.807) is 18.9 Å². The van der Waals surface area contributed by atoms with Crippen LogP contribution in [0.4, 0.5) is 10.9 Å². The number of hydrogen-bond donors (Lipinski definition) is 1. The lowest BCUT2D eigenvalue weighted by Gasteiger charge is -2.32. The molecule has 9 nitrogen and oxygen atoms in total. The van der Waals surface area contributed by atoms with Crippen molar-refractivity contribution in [3.05, 3.63) is 49.3 Å². The number of amides is 1. The minimum Gasteiger partial charge on any atom is -0.494 e. The van der Waals surface area contributed by atoms with Crippen LogP contribution in [0.15, 0.2) is 49.3 Å². The third-order valence-electron chi connectivity index (χ3n) is 5.50. The molecular formula is C22H23N7O2S. The molecule has 3 aromatic heterocycles. The number of piperidine rings is 1. The summed E-state index contributed by atoms with van der Waals surface area (Å²) in [5, 5.41) is 3.63. The van der Waals surface area contributed by atoms with Crippen LogP contribution in [-0.2, 0) is 4.79 Å². The lowest BCUT2D eigenvalue weighted by molar-refractivity contribution is -0.120. The number of benzene rings is 1. The van der Waals surface area contributed by atoms with E-state index in [2.05, 4.69) is 30.2 Å². The number of rotatable bonds is 6. The number of thiazole rings is 1. The van der Waals surface area contributed by atoms with Crippen LogP contribution in [0.5, 0.6) is 5.75 Å². The number of nitrogens with one attached hydrogen (secondary N) is 1. The zero-order chi connectivity index (χ0) is 21.9. The Balaban J connectivity index is 1.20. The molecule has 4 heterocycles. The van der Waals surface area contributed by atoms with Crippen LogP contribution in [-0.4, -0.2) is 50.1 Å². The highest BCUT2D eigenvalue weighted by Crippen LogP contribution is 2.30. The van der Waals surface area contributed by atoms with Crippen molar-refractivity contribution in [2.75, 3.05) is 29.9 Å². The molecule has 0 unspecified atom stereocenters. The van der Waals surface area contributed by atoms with Gasteiger partial charge in [-0.1, -0.05) is 11.3 Å². The Hall–Kier alpha value is -3.53. The number of hydrogen-bond acceptors (Lipinski definition) is 8. The maximum absolute atomic E-state index is 12.8. The summed E-state index contributed by atoms with van der Waals surface area (Å²) < 4.78 is 8.39. The highest BCUT2D eigenvalue weighted by atomic mass is 32.1. The molecule has 0 bridgehead atoms. The number of ether oxygens (including phenoxy) is 1. The van der Waals surface area contributed by atoms with Crippen LogP contribution in [0.1, 0.15) is 19.8 Å². The number of aromatic nitrogens is 5. The Morgan fingerprint density at radius 3 is 2.84 bits per heavy atom. The Morgan fingerprint density at radius 2 is 2.06 bits per heavy atom. The van der Waals surface area contributed by atoms with Crippen molar-refractivity contribution in [1.29, 1.82) is 0 Å². The number of imidazole rings is 1. The van der Waals surface area contributed by atoms with Crippen molar-refractivity contribution >= 4 is 38.4 Å². The fourth-order valence-electron chi connectivity index (χ4n) is 3.84. The van der Waals surface area contributed by atoms with Gasteiger partial charge in [0.2, 0.25) is 5.91 Å².